The monoisotopic (exact) mass is 305 g/mol. The van der Waals surface area contributed by atoms with Gasteiger partial charge in [-0.05, 0) is 24.1 Å². The number of benzene rings is 1. The summed E-state index contributed by atoms with van der Waals surface area (Å²) in [7, 11) is 0. The first-order valence-electron chi connectivity index (χ1n) is 8.22. The molecule has 0 fully saturated rings. The molecule has 0 aromatic heterocycles. The van der Waals surface area contributed by atoms with Gasteiger partial charge in [0.05, 0.1) is 0 Å². The lowest BCUT2D eigenvalue weighted by Crippen LogP contribution is -2.32. The molecule has 0 aliphatic carbocycles. The predicted molar refractivity (Wildman–Crippen MR) is 87.8 cm³/mol. The molecule has 4 heteroatoms. The van der Waals surface area contributed by atoms with Crippen LogP contribution in [0, 0.1) is 0 Å². The van der Waals surface area contributed by atoms with E-state index in [1.165, 1.54) is 44.2 Å². The lowest BCUT2D eigenvalue weighted by Gasteiger charge is -2.05. The van der Waals surface area contributed by atoms with Gasteiger partial charge in [0.25, 0.3) is 5.91 Å². The number of hydrogen-bond donors (Lipinski definition) is 2. The minimum Gasteiger partial charge on any atom is -0.508 e. The van der Waals surface area contributed by atoms with E-state index in [1.807, 2.05) is 0 Å². The van der Waals surface area contributed by atoms with Crippen molar-refractivity contribution in [1.29, 1.82) is 0 Å². The topological polar surface area (TPSA) is 66.4 Å². The molecule has 1 aromatic rings. The fourth-order valence-electron chi connectivity index (χ4n) is 2.26. The Hall–Kier alpha value is -1.84. The number of hydrogen-bond acceptors (Lipinski definition) is 3. The Balaban J connectivity index is 2.11. The Kier molecular flexibility index (Phi) is 8.96. The number of phenols is 1. The Labute approximate surface area is 132 Å². The summed E-state index contributed by atoms with van der Waals surface area (Å²) in [4.78, 5) is 23.4. The highest BCUT2D eigenvalue weighted by atomic mass is 16.3. The van der Waals surface area contributed by atoms with E-state index in [0.29, 0.717) is 6.54 Å². The predicted octanol–water partition coefficient (Wildman–Crippen LogP) is 3.37. The van der Waals surface area contributed by atoms with Gasteiger partial charge in [-0.3, -0.25) is 9.59 Å². The molecule has 122 valence electrons. The van der Waals surface area contributed by atoms with Gasteiger partial charge in [0, 0.05) is 13.0 Å². The van der Waals surface area contributed by atoms with Crippen molar-refractivity contribution in [2.75, 3.05) is 6.54 Å². The number of carbonyl (C=O) groups excluding carboxylic acids is 2. The van der Waals surface area contributed by atoms with Gasteiger partial charge in [-0.25, -0.2) is 0 Å². The summed E-state index contributed by atoms with van der Waals surface area (Å²) in [5.41, 5.74) is 0.730. The van der Waals surface area contributed by atoms with Crippen molar-refractivity contribution in [3.05, 3.63) is 29.8 Å². The van der Waals surface area contributed by atoms with Crippen LogP contribution in [0.3, 0.4) is 0 Å². The van der Waals surface area contributed by atoms with Crippen molar-refractivity contribution in [2.45, 2.75) is 58.3 Å². The molecular formula is C18H27NO3. The van der Waals surface area contributed by atoms with Crippen molar-refractivity contribution in [3.8, 4) is 5.75 Å². The van der Waals surface area contributed by atoms with E-state index in [4.69, 9.17) is 0 Å². The maximum Gasteiger partial charge on any atom is 0.287 e. The quantitative estimate of drug-likeness (QED) is 0.486. The molecule has 0 saturated carbocycles. The summed E-state index contributed by atoms with van der Waals surface area (Å²) >= 11 is 0. The standard InChI is InChI=1S/C18H27NO3/c1-2-3-4-5-6-7-8-13-19-18(22)17(21)14-15-9-11-16(20)12-10-15/h9-12,20H,2-8,13-14H2,1H3,(H,19,22). The molecule has 0 heterocycles. The second-order valence-electron chi connectivity index (χ2n) is 5.64. The van der Waals surface area contributed by atoms with Crippen LogP contribution >= 0.6 is 0 Å². The third-order valence-corrected chi connectivity index (χ3v) is 3.62. The van der Waals surface area contributed by atoms with E-state index >= 15 is 0 Å². The molecule has 0 aliphatic heterocycles. The van der Waals surface area contributed by atoms with Crippen molar-refractivity contribution >= 4 is 11.7 Å². The van der Waals surface area contributed by atoms with E-state index in [1.54, 1.807) is 12.1 Å². The van der Waals surface area contributed by atoms with Crippen LogP contribution in [0.1, 0.15) is 57.4 Å². The van der Waals surface area contributed by atoms with Gasteiger partial charge in [-0.15, -0.1) is 0 Å². The maximum atomic E-state index is 11.8. The highest BCUT2D eigenvalue weighted by Gasteiger charge is 2.13. The molecule has 0 spiro atoms. The van der Waals surface area contributed by atoms with Crippen LogP contribution in [0.5, 0.6) is 5.75 Å². The van der Waals surface area contributed by atoms with Crippen molar-refractivity contribution in [2.24, 2.45) is 0 Å². The second kappa shape index (κ2) is 10.8. The third kappa shape index (κ3) is 7.81. The van der Waals surface area contributed by atoms with Gasteiger partial charge in [0.15, 0.2) is 0 Å². The molecule has 0 aliphatic rings. The summed E-state index contributed by atoms with van der Waals surface area (Å²) in [5.74, 6) is -0.799. The van der Waals surface area contributed by atoms with Gasteiger partial charge in [-0.2, -0.15) is 0 Å². The molecule has 1 aromatic carbocycles. The van der Waals surface area contributed by atoms with Crippen LogP contribution in [-0.2, 0) is 16.0 Å². The number of phenolic OH excluding ortho intramolecular Hbond substituents is 1. The van der Waals surface area contributed by atoms with Crippen molar-refractivity contribution in [1.82, 2.24) is 5.32 Å². The lowest BCUT2D eigenvalue weighted by atomic mass is 10.1. The highest BCUT2D eigenvalue weighted by molar-refractivity contribution is 6.36. The average Bonchev–Trinajstić information content (AvgIpc) is 2.52. The van der Waals surface area contributed by atoms with Crippen LogP contribution in [-0.4, -0.2) is 23.3 Å². The van der Waals surface area contributed by atoms with Crippen LogP contribution in [0.2, 0.25) is 0 Å². The molecule has 0 saturated heterocycles. The molecule has 2 N–H and O–H groups in total. The fourth-order valence-corrected chi connectivity index (χ4v) is 2.26. The second-order valence-corrected chi connectivity index (χ2v) is 5.64. The highest BCUT2D eigenvalue weighted by Crippen LogP contribution is 2.10. The van der Waals surface area contributed by atoms with E-state index in [9.17, 15) is 14.7 Å². The Bertz CT molecular complexity index is 454. The number of amides is 1. The van der Waals surface area contributed by atoms with Crippen LogP contribution < -0.4 is 5.32 Å². The fraction of sp³-hybridized carbons (Fsp3) is 0.556. The Morgan fingerprint density at radius 3 is 2.18 bits per heavy atom. The summed E-state index contributed by atoms with van der Waals surface area (Å²) in [6, 6.07) is 6.33. The van der Waals surface area contributed by atoms with E-state index in [0.717, 1.165) is 18.4 Å². The average molecular weight is 305 g/mol. The number of Topliss-reactive ketones (excluding diaryl/α,β-unsaturated/α-hetero) is 1. The molecule has 0 radical (unpaired) electrons. The zero-order chi connectivity index (χ0) is 16.2. The lowest BCUT2D eigenvalue weighted by molar-refractivity contribution is -0.137. The van der Waals surface area contributed by atoms with Gasteiger partial charge < -0.3 is 10.4 Å². The van der Waals surface area contributed by atoms with Gasteiger partial charge >= 0.3 is 0 Å². The molecule has 22 heavy (non-hydrogen) atoms. The maximum absolute atomic E-state index is 11.8. The van der Waals surface area contributed by atoms with Crippen molar-refractivity contribution < 1.29 is 14.7 Å². The number of nitrogens with one attached hydrogen (secondary N) is 1. The van der Waals surface area contributed by atoms with Crippen LogP contribution in [0.25, 0.3) is 0 Å². The summed E-state index contributed by atoms with van der Waals surface area (Å²) < 4.78 is 0. The van der Waals surface area contributed by atoms with E-state index in [2.05, 4.69) is 12.2 Å². The summed E-state index contributed by atoms with van der Waals surface area (Å²) in [6.45, 7) is 2.76. The molecule has 1 rings (SSSR count). The van der Waals surface area contributed by atoms with Gasteiger partial charge in [-0.1, -0.05) is 57.6 Å². The zero-order valence-corrected chi connectivity index (χ0v) is 13.4. The molecule has 0 bridgehead atoms. The molecule has 4 nitrogen and oxygen atoms in total. The number of aromatic hydroxyl groups is 1. The van der Waals surface area contributed by atoms with Crippen LogP contribution in [0.4, 0.5) is 0 Å². The van der Waals surface area contributed by atoms with Crippen molar-refractivity contribution in [3.63, 3.8) is 0 Å². The minimum absolute atomic E-state index is 0.0726. The number of ketones is 1. The Morgan fingerprint density at radius 1 is 0.955 bits per heavy atom. The number of rotatable bonds is 11. The molecule has 0 unspecified atom stereocenters. The number of unbranched alkanes of at least 4 members (excludes halogenated alkanes) is 6. The summed E-state index contributed by atoms with van der Waals surface area (Å²) in [5, 5.41) is 11.8. The molecule has 0 atom stereocenters. The van der Waals surface area contributed by atoms with Gasteiger partial charge in [0.1, 0.15) is 5.75 Å². The minimum atomic E-state index is -0.515. The third-order valence-electron chi connectivity index (χ3n) is 3.62. The van der Waals surface area contributed by atoms with Gasteiger partial charge in [0.2, 0.25) is 5.78 Å². The SMILES string of the molecule is CCCCCCCCCNC(=O)C(=O)Cc1ccc(O)cc1. The van der Waals surface area contributed by atoms with E-state index in [-0.39, 0.29) is 12.2 Å². The normalized spacial score (nSPS) is 10.4. The van der Waals surface area contributed by atoms with Crippen LogP contribution in [0.15, 0.2) is 24.3 Å². The van der Waals surface area contributed by atoms with E-state index < -0.39 is 11.7 Å². The number of carbonyl (C=O) groups is 2. The zero-order valence-electron chi connectivity index (χ0n) is 13.4. The Morgan fingerprint density at radius 2 is 1.55 bits per heavy atom. The summed E-state index contributed by atoms with van der Waals surface area (Å²) in [6.07, 6.45) is 8.36. The first-order chi connectivity index (χ1) is 10.6. The first kappa shape index (κ1) is 18.2. The largest absolute Gasteiger partial charge is 0.508 e. The molecule has 1 amide bonds. The smallest absolute Gasteiger partial charge is 0.287 e. The first-order valence-corrected chi connectivity index (χ1v) is 8.22. The molecular weight excluding hydrogens is 278 g/mol.